The first-order valence-corrected chi connectivity index (χ1v) is 15.0. The zero-order valence-electron chi connectivity index (χ0n) is 25.4. The molecule has 3 rings (SSSR count). The van der Waals surface area contributed by atoms with Crippen molar-refractivity contribution in [2.24, 2.45) is 5.11 Å². The minimum absolute atomic E-state index is 0.300. The highest BCUT2D eigenvalue weighted by molar-refractivity contribution is 5.00. The van der Waals surface area contributed by atoms with Crippen molar-refractivity contribution in [1.82, 2.24) is 0 Å². The van der Waals surface area contributed by atoms with Crippen LogP contribution in [0.1, 0.15) is 80.1 Å². The molecule has 0 radical (unpaired) electrons. The maximum atomic E-state index is 9.58. The molecule has 3 aliphatic heterocycles. The van der Waals surface area contributed by atoms with Gasteiger partial charge >= 0.3 is 0 Å². The first kappa shape index (κ1) is 33.5. The van der Waals surface area contributed by atoms with E-state index >= 15 is 0 Å². The van der Waals surface area contributed by atoms with Crippen LogP contribution in [0.4, 0.5) is 0 Å². The number of fused-ring (bicyclic) bond motifs is 1. The summed E-state index contributed by atoms with van der Waals surface area (Å²) in [6, 6.07) is -0.804. The van der Waals surface area contributed by atoms with Crippen LogP contribution in [0.25, 0.3) is 10.4 Å². The molecular weight excluding hydrogens is 522 g/mol. The van der Waals surface area contributed by atoms with Crippen LogP contribution in [0.2, 0.25) is 0 Å². The fraction of sp³-hybridized carbons (Fsp3) is 1.00. The summed E-state index contributed by atoms with van der Waals surface area (Å²) in [4.78, 5) is 3.15. The monoisotopic (exact) mass is 573 g/mol. The second-order valence-electron chi connectivity index (χ2n) is 11.2. The van der Waals surface area contributed by atoms with Crippen LogP contribution in [0.3, 0.4) is 0 Å². The molecule has 12 nitrogen and oxygen atoms in total. The summed E-state index contributed by atoms with van der Waals surface area (Å²) < 4.78 is 55.9. The van der Waals surface area contributed by atoms with E-state index in [9.17, 15) is 5.53 Å². The van der Waals surface area contributed by atoms with Gasteiger partial charge in [0.2, 0.25) is 0 Å². The Hall–Kier alpha value is -1.05. The van der Waals surface area contributed by atoms with Gasteiger partial charge in [-0.05, 0) is 45.6 Å². The van der Waals surface area contributed by atoms with E-state index in [1.807, 2.05) is 20.8 Å². The Morgan fingerprint density at radius 2 is 1.45 bits per heavy atom. The highest BCUT2D eigenvalue weighted by atomic mass is 16.8. The SMILES string of the molecule is CCCCOCC1OC(OC2C(C)OC(OC)C3OC(C)(C)OC23)C(N=[N+]=[N-])C(OCCCC)C1OCCCC. The molecule has 0 amide bonds. The molecule has 3 saturated heterocycles. The number of methoxy groups -OCH3 is 1. The number of hydrogen-bond donors (Lipinski definition) is 0. The standard InChI is InChI=1S/C28H51N3O9/c1-8-11-14-33-17-19-22(34-15-12-9-2)23(35-16-13-10-3)20(30-31-29)26(37-19)38-21-18(4)36-27(32-7)25-24(21)39-28(5,6)40-25/h18-27H,8-17H2,1-7H3. The van der Waals surface area contributed by atoms with Gasteiger partial charge in [0, 0.05) is 31.8 Å². The number of rotatable bonds is 17. The van der Waals surface area contributed by atoms with Crippen molar-refractivity contribution in [2.45, 2.75) is 147 Å². The Balaban J connectivity index is 1.89. The Kier molecular flexibility index (Phi) is 13.8. The summed E-state index contributed by atoms with van der Waals surface area (Å²) in [6.45, 7) is 13.9. The van der Waals surface area contributed by atoms with Gasteiger partial charge in [-0.15, -0.1) is 0 Å². The lowest BCUT2D eigenvalue weighted by molar-refractivity contribution is -0.330. The quantitative estimate of drug-likeness (QED) is 0.103. The third-order valence-corrected chi connectivity index (χ3v) is 7.43. The molecule has 0 saturated carbocycles. The molecule has 0 aromatic carbocycles. The maximum absolute atomic E-state index is 9.58. The molecule has 3 aliphatic rings. The number of azide groups is 1. The number of ether oxygens (including phenoxy) is 9. The van der Waals surface area contributed by atoms with Crippen LogP contribution in [0, 0.1) is 0 Å². The van der Waals surface area contributed by atoms with E-state index in [1.54, 1.807) is 7.11 Å². The number of nitrogens with zero attached hydrogens (tertiary/aromatic N) is 3. The second-order valence-corrected chi connectivity index (χ2v) is 11.2. The largest absolute Gasteiger partial charge is 0.379 e. The van der Waals surface area contributed by atoms with Gasteiger partial charge in [-0.2, -0.15) is 0 Å². The van der Waals surface area contributed by atoms with Crippen molar-refractivity contribution in [1.29, 1.82) is 0 Å². The average Bonchev–Trinajstić information content (AvgIpc) is 3.26. The first-order chi connectivity index (χ1) is 19.3. The number of hydrogen-bond acceptors (Lipinski definition) is 10. The molecule has 12 heteroatoms. The summed E-state index contributed by atoms with van der Waals surface area (Å²) >= 11 is 0. The summed E-state index contributed by atoms with van der Waals surface area (Å²) in [5, 5.41) is 4.13. The van der Waals surface area contributed by atoms with Crippen molar-refractivity contribution in [3.8, 4) is 0 Å². The van der Waals surface area contributed by atoms with E-state index in [0.29, 0.717) is 26.4 Å². The minimum atomic E-state index is -0.948. The molecule has 0 aromatic rings. The second kappa shape index (κ2) is 16.6. The van der Waals surface area contributed by atoms with Crippen LogP contribution in [0.15, 0.2) is 5.11 Å². The number of unbranched alkanes of at least 4 members (excludes halogenated alkanes) is 3. The summed E-state index contributed by atoms with van der Waals surface area (Å²) in [6.07, 6.45) is 0.554. The Morgan fingerprint density at radius 3 is 2.08 bits per heavy atom. The molecule has 3 fully saturated rings. The van der Waals surface area contributed by atoms with E-state index in [1.165, 1.54) is 0 Å². The van der Waals surface area contributed by atoms with Gasteiger partial charge in [0.15, 0.2) is 18.4 Å². The summed E-state index contributed by atoms with van der Waals surface area (Å²) in [5.74, 6) is -0.849. The first-order valence-electron chi connectivity index (χ1n) is 15.0. The lowest BCUT2D eigenvalue weighted by Gasteiger charge is -2.47. The smallest absolute Gasteiger partial charge is 0.186 e. The molecule has 3 heterocycles. The topological polar surface area (TPSA) is 132 Å². The van der Waals surface area contributed by atoms with Crippen LogP contribution in [0.5, 0.6) is 0 Å². The normalized spacial score (nSPS) is 37.2. The lowest BCUT2D eigenvalue weighted by atomic mass is 9.95. The Bertz CT molecular complexity index is 784. The van der Waals surface area contributed by atoms with Crippen molar-refractivity contribution < 1.29 is 42.6 Å². The van der Waals surface area contributed by atoms with Crippen LogP contribution >= 0.6 is 0 Å². The highest BCUT2D eigenvalue weighted by Crippen LogP contribution is 2.40. The zero-order valence-corrected chi connectivity index (χ0v) is 25.4. The third kappa shape index (κ3) is 8.73. The van der Waals surface area contributed by atoms with Gasteiger partial charge in [0.1, 0.15) is 36.6 Å². The summed E-state index contributed by atoms with van der Waals surface area (Å²) in [7, 11) is 1.58. The molecule has 40 heavy (non-hydrogen) atoms. The van der Waals surface area contributed by atoms with Gasteiger partial charge < -0.3 is 42.6 Å². The fourth-order valence-electron chi connectivity index (χ4n) is 5.33. The molecule has 232 valence electrons. The Morgan fingerprint density at radius 1 is 0.825 bits per heavy atom. The van der Waals surface area contributed by atoms with Gasteiger partial charge in [0.25, 0.3) is 0 Å². The van der Waals surface area contributed by atoms with Crippen LogP contribution in [-0.4, -0.2) is 101 Å². The molecule has 10 atom stereocenters. The predicted octanol–water partition coefficient (Wildman–Crippen LogP) is 4.87. The fourth-order valence-corrected chi connectivity index (χ4v) is 5.33. The molecule has 0 N–H and O–H groups in total. The van der Waals surface area contributed by atoms with E-state index < -0.39 is 67.1 Å². The molecule has 0 aliphatic carbocycles. The summed E-state index contributed by atoms with van der Waals surface area (Å²) in [5.41, 5.74) is 9.58. The van der Waals surface area contributed by atoms with Gasteiger partial charge in [0.05, 0.1) is 18.8 Å². The van der Waals surface area contributed by atoms with E-state index in [0.717, 1.165) is 38.5 Å². The van der Waals surface area contributed by atoms with Gasteiger partial charge in [-0.3, -0.25) is 0 Å². The van der Waals surface area contributed by atoms with Gasteiger partial charge in [-0.25, -0.2) is 0 Å². The van der Waals surface area contributed by atoms with E-state index in [2.05, 4.69) is 30.8 Å². The molecule has 0 bridgehead atoms. The maximum Gasteiger partial charge on any atom is 0.186 e. The molecular formula is C28H51N3O9. The zero-order chi connectivity index (χ0) is 29.1. The molecule has 0 aromatic heterocycles. The van der Waals surface area contributed by atoms with Gasteiger partial charge in [-0.1, -0.05) is 45.1 Å². The Labute approximate surface area is 239 Å². The van der Waals surface area contributed by atoms with E-state index in [4.69, 9.17) is 42.6 Å². The molecule has 10 unspecified atom stereocenters. The van der Waals surface area contributed by atoms with Crippen molar-refractivity contribution in [3.63, 3.8) is 0 Å². The minimum Gasteiger partial charge on any atom is -0.379 e. The van der Waals surface area contributed by atoms with Crippen LogP contribution < -0.4 is 0 Å². The third-order valence-electron chi connectivity index (χ3n) is 7.43. The van der Waals surface area contributed by atoms with E-state index in [-0.39, 0.29) is 0 Å². The van der Waals surface area contributed by atoms with Crippen molar-refractivity contribution in [2.75, 3.05) is 33.5 Å². The van der Waals surface area contributed by atoms with Crippen molar-refractivity contribution >= 4 is 0 Å². The lowest BCUT2D eigenvalue weighted by Crippen LogP contribution is -2.64. The average molecular weight is 574 g/mol. The van der Waals surface area contributed by atoms with Crippen LogP contribution in [-0.2, 0) is 42.6 Å². The highest BCUT2D eigenvalue weighted by Gasteiger charge is 2.57. The van der Waals surface area contributed by atoms with Crippen molar-refractivity contribution in [3.05, 3.63) is 10.4 Å². The molecule has 0 spiro atoms. The predicted molar refractivity (Wildman–Crippen MR) is 147 cm³/mol.